The average Bonchev–Trinajstić information content (AvgIpc) is 3.58. The molecule has 0 unspecified atom stereocenters. The van der Waals surface area contributed by atoms with E-state index in [2.05, 4.69) is 4.90 Å². The standard InChI is InChI=1S/C36H24FNO4S/c1-41-28-9-5-26(6-10-28)38(27-7-11-29(42-2)12-8-27)34-14-13-30(43-34)20-33-35(39)31-18-23-15-21-3-4-25(37)17-22(21)16-24(23)19-32(31)36(33)40/h3-20H,1-2H3/b33-20+. The lowest BCUT2D eigenvalue weighted by molar-refractivity contribution is 0.0990. The van der Waals surface area contributed by atoms with Crippen molar-refractivity contribution in [3.8, 4) is 11.5 Å². The van der Waals surface area contributed by atoms with E-state index in [0.29, 0.717) is 11.1 Å². The molecule has 0 amide bonds. The van der Waals surface area contributed by atoms with Gasteiger partial charge < -0.3 is 14.4 Å². The number of carbonyl (C=O) groups excluding carboxylic acids is 2. The van der Waals surface area contributed by atoms with Gasteiger partial charge in [-0.2, -0.15) is 0 Å². The molecule has 7 heteroatoms. The lowest BCUT2D eigenvalue weighted by Crippen LogP contribution is -2.08. The maximum absolute atomic E-state index is 13.8. The van der Waals surface area contributed by atoms with Gasteiger partial charge >= 0.3 is 0 Å². The Labute approximate surface area is 251 Å². The highest BCUT2D eigenvalue weighted by Gasteiger charge is 2.33. The fourth-order valence-corrected chi connectivity index (χ4v) is 6.46. The van der Waals surface area contributed by atoms with Crippen molar-refractivity contribution in [1.29, 1.82) is 0 Å². The summed E-state index contributed by atoms with van der Waals surface area (Å²) in [5.41, 5.74) is 2.74. The number of ether oxygens (including phenoxy) is 2. The molecule has 43 heavy (non-hydrogen) atoms. The van der Waals surface area contributed by atoms with Crippen LogP contribution in [0.1, 0.15) is 25.6 Å². The Bertz CT molecular complexity index is 2050. The van der Waals surface area contributed by atoms with Crippen LogP contribution in [0.2, 0.25) is 0 Å². The first kappa shape index (κ1) is 26.6. The minimum atomic E-state index is -0.322. The largest absolute Gasteiger partial charge is 0.497 e. The quantitative estimate of drug-likeness (QED) is 0.111. The summed E-state index contributed by atoms with van der Waals surface area (Å²) >= 11 is 1.47. The van der Waals surface area contributed by atoms with Gasteiger partial charge in [-0.1, -0.05) is 6.07 Å². The van der Waals surface area contributed by atoms with Crippen molar-refractivity contribution in [3.05, 3.63) is 131 Å². The summed E-state index contributed by atoms with van der Waals surface area (Å²) in [6.45, 7) is 0. The molecule has 5 aromatic carbocycles. The first-order valence-corrected chi connectivity index (χ1v) is 14.4. The predicted octanol–water partition coefficient (Wildman–Crippen LogP) is 9.14. The van der Waals surface area contributed by atoms with Crippen LogP contribution in [0.15, 0.2) is 109 Å². The van der Waals surface area contributed by atoms with Gasteiger partial charge in [-0.25, -0.2) is 4.39 Å². The molecule has 210 valence electrons. The number of thiophene rings is 1. The van der Waals surface area contributed by atoms with E-state index in [1.54, 1.807) is 38.5 Å². The maximum Gasteiger partial charge on any atom is 0.197 e. The summed E-state index contributed by atoms with van der Waals surface area (Å²) < 4.78 is 24.5. The molecule has 1 aliphatic carbocycles. The highest BCUT2D eigenvalue weighted by molar-refractivity contribution is 7.17. The molecule has 1 aliphatic rings. The molecule has 0 saturated heterocycles. The summed E-state index contributed by atoms with van der Waals surface area (Å²) in [5, 5.41) is 4.12. The Hall–Kier alpha value is -5.27. The third-order valence-corrected chi connectivity index (χ3v) is 8.67. The van der Waals surface area contributed by atoms with E-state index < -0.39 is 0 Å². The number of Topliss-reactive ketones (excluding diaryl/α,β-unsaturated/α-hetero) is 2. The molecular weight excluding hydrogens is 561 g/mol. The molecule has 7 rings (SSSR count). The van der Waals surface area contributed by atoms with Crippen LogP contribution in [0, 0.1) is 5.82 Å². The highest BCUT2D eigenvalue weighted by atomic mass is 32.1. The molecule has 0 bridgehead atoms. The molecule has 0 saturated carbocycles. The van der Waals surface area contributed by atoms with E-state index in [0.717, 1.165) is 54.3 Å². The lowest BCUT2D eigenvalue weighted by atomic mass is 9.99. The van der Waals surface area contributed by atoms with Gasteiger partial charge in [0.1, 0.15) is 22.3 Å². The Morgan fingerprint density at radius 1 is 0.628 bits per heavy atom. The van der Waals surface area contributed by atoms with E-state index in [9.17, 15) is 14.0 Å². The summed E-state index contributed by atoms with van der Waals surface area (Å²) in [7, 11) is 3.26. The molecule has 0 atom stereocenters. The smallest absolute Gasteiger partial charge is 0.197 e. The van der Waals surface area contributed by atoms with E-state index in [1.165, 1.54) is 23.5 Å². The molecule has 1 aromatic heterocycles. The zero-order valence-electron chi connectivity index (χ0n) is 23.3. The normalized spacial score (nSPS) is 13.6. The van der Waals surface area contributed by atoms with Gasteiger partial charge in [0.2, 0.25) is 0 Å². The Kier molecular flexibility index (Phi) is 6.52. The fourth-order valence-electron chi connectivity index (χ4n) is 5.47. The maximum atomic E-state index is 13.8. The minimum Gasteiger partial charge on any atom is -0.497 e. The zero-order valence-corrected chi connectivity index (χ0v) is 24.1. The van der Waals surface area contributed by atoms with Gasteiger partial charge in [0.05, 0.1) is 19.8 Å². The second kappa shape index (κ2) is 10.5. The SMILES string of the molecule is COc1ccc(N(c2ccc(OC)cc2)c2ccc(/C=C3\C(=O)c4cc5cc6ccc(F)cc6cc5cc4C3=O)s2)cc1. The summed E-state index contributed by atoms with van der Waals surface area (Å²) in [6, 6.07) is 31.3. The molecule has 0 aliphatic heterocycles. The van der Waals surface area contributed by atoms with Crippen molar-refractivity contribution >= 4 is 66.9 Å². The number of benzene rings is 5. The van der Waals surface area contributed by atoms with Gasteiger partial charge in [0, 0.05) is 27.4 Å². The van der Waals surface area contributed by atoms with Crippen LogP contribution >= 0.6 is 11.3 Å². The number of rotatable bonds is 6. The Balaban J connectivity index is 1.26. The molecule has 0 spiro atoms. The number of halogens is 1. The molecule has 5 nitrogen and oxygen atoms in total. The fraction of sp³-hybridized carbons (Fsp3) is 0.0556. The minimum absolute atomic E-state index is 0.134. The number of nitrogens with zero attached hydrogens (tertiary/aromatic N) is 1. The third kappa shape index (κ3) is 4.73. The molecule has 6 aromatic rings. The molecule has 0 radical (unpaired) electrons. The number of hydrogen-bond acceptors (Lipinski definition) is 6. The van der Waals surface area contributed by atoms with Crippen LogP contribution in [-0.4, -0.2) is 25.8 Å². The number of anilines is 3. The second-order valence-corrected chi connectivity index (χ2v) is 11.3. The van der Waals surface area contributed by atoms with Crippen LogP contribution in [0.3, 0.4) is 0 Å². The van der Waals surface area contributed by atoms with Crippen LogP contribution in [-0.2, 0) is 0 Å². The lowest BCUT2D eigenvalue weighted by Gasteiger charge is -2.24. The van der Waals surface area contributed by atoms with Gasteiger partial charge in [-0.3, -0.25) is 9.59 Å². The number of hydrogen-bond donors (Lipinski definition) is 0. The number of fused-ring (bicyclic) bond motifs is 3. The monoisotopic (exact) mass is 585 g/mol. The van der Waals surface area contributed by atoms with Crippen molar-refractivity contribution < 1.29 is 23.5 Å². The van der Waals surface area contributed by atoms with E-state index in [-0.39, 0.29) is 23.0 Å². The molecular formula is C36H24FNO4S. The highest BCUT2D eigenvalue weighted by Crippen LogP contribution is 2.41. The van der Waals surface area contributed by atoms with Crippen molar-refractivity contribution in [2.45, 2.75) is 0 Å². The van der Waals surface area contributed by atoms with E-state index in [1.807, 2.05) is 72.8 Å². The van der Waals surface area contributed by atoms with Gasteiger partial charge in [0.25, 0.3) is 0 Å². The van der Waals surface area contributed by atoms with Gasteiger partial charge in [-0.05, 0) is 125 Å². The zero-order chi connectivity index (χ0) is 29.7. The number of ketones is 2. The molecule has 1 heterocycles. The van der Waals surface area contributed by atoms with Crippen LogP contribution in [0.25, 0.3) is 27.6 Å². The van der Waals surface area contributed by atoms with Crippen LogP contribution in [0.5, 0.6) is 11.5 Å². The number of methoxy groups -OCH3 is 2. The molecule has 0 fully saturated rings. The van der Waals surface area contributed by atoms with Crippen molar-refractivity contribution in [2.24, 2.45) is 0 Å². The number of allylic oxidation sites excluding steroid dienone is 1. The van der Waals surface area contributed by atoms with Crippen molar-refractivity contribution in [2.75, 3.05) is 19.1 Å². The first-order valence-electron chi connectivity index (χ1n) is 13.6. The van der Waals surface area contributed by atoms with Crippen LogP contribution < -0.4 is 14.4 Å². The topological polar surface area (TPSA) is 55.8 Å². The molecule has 0 N–H and O–H groups in total. The van der Waals surface area contributed by atoms with E-state index in [4.69, 9.17) is 9.47 Å². The van der Waals surface area contributed by atoms with Crippen molar-refractivity contribution in [3.63, 3.8) is 0 Å². The number of carbonyl (C=O) groups is 2. The average molecular weight is 586 g/mol. The first-order chi connectivity index (χ1) is 20.9. The Morgan fingerprint density at radius 2 is 1.16 bits per heavy atom. The summed E-state index contributed by atoms with van der Waals surface area (Å²) in [5.74, 6) is 0.579. The van der Waals surface area contributed by atoms with Crippen molar-refractivity contribution in [1.82, 2.24) is 0 Å². The van der Waals surface area contributed by atoms with Crippen LogP contribution in [0.4, 0.5) is 20.8 Å². The Morgan fingerprint density at radius 3 is 1.72 bits per heavy atom. The van der Waals surface area contributed by atoms with E-state index >= 15 is 0 Å². The second-order valence-electron chi connectivity index (χ2n) is 10.2. The van der Waals surface area contributed by atoms with Gasteiger partial charge in [-0.15, -0.1) is 11.3 Å². The summed E-state index contributed by atoms with van der Waals surface area (Å²) in [6.07, 6.45) is 1.68. The summed E-state index contributed by atoms with van der Waals surface area (Å²) in [4.78, 5) is 29.9. The predicted molar refractivity (Wildman–Crippen MR) is 170 cm³/mol. The van der Waals surface area contributed by atoms with Gasteiger partial charge in [0.15, 0.2) is 11.6 Å². The third-order valence-electron chi connectivity index (χ3n) is 7.65.